The SMILES string of the molecule is CC(C)OC(=O)C(C)N(C)c1cc(C(F)(F)F)nc2ncnn12. The number of halogens is 3. The van der Waals surface area contributed by atoms with E-state index in [-0.39, 0.29) is 17.7 Å². The maximum atomic E-state index is 13.0. The summed E-state index contributed by atoms with van der Waals surface area (Å²) in [6, 6.07) is 0.00850. The quantitative estimate of drug-likeness (QED) is 0.797. The number of esters is 1. The van der Waals surface area contributed by atoms with Gasteiger partial charge in [-0.1, -0.05) is 0 Å². The van der Waals surface area contributed by atoms with E-state index in [0.717, 1.165) is 16.9 Å². The van der Waals surface area contributed by atoms with Crippen molar-refractivity contribution in [2.24, 2.45) is 0 Å². The molecule has 1 atom stereocenters. The van der Waals surface area contributed by atoms with Crippen LogP contribution in [0.4, 0.5) is 19.0 Å². The molecule has 0 radical (unpaired) electrons. The second-order valence-electron chi connectivity index (χ2n) is 5.24. The van der Waals surface area contributed by atoms with E-state index in [1.807, 2.05) is 0 Å². The van der Waals surface area contributed by atoms with Gasteiger partial charge in [0.15, 0.2) is 5.69 Å². The van der Waals surface area contributed by atoms with Crippen molar-refractivity contribution in [3.63, 3.8) is 0 Å². The normalized spacial score (nSPS) is 13.4. The van der Waals surface area contributed by atoms with Crippen LogP contribution < -0.4 is 4.90 Å². The first-order valence-corrected chi connectivity index (χ1v) is 6.82. The first-order chi connectivity index (χ1) is 10.6. The van der Waals surface area contributed by atoms with Crippen LogP contribution in [0.2, 0.25) is 0 Å². The smallest absolute Gasteiger partial charge is 0.433 e. The average molecular weight is 331 g/mol. The summed E-state index contributed by atoms with van der Waals surface area (Å²) in [5.74, 6) is -0.722. The Bertz CT molecular complexity index is 713. The Hall–Kier alpha value is -2.39. The maximum absolute atomic E-state index is 13.0. The predicted molar refractivity (Wildman–Crippen MR) is 74.9 cm³/mol. The topological polar surface area (TPSA) is 72.6 Å². The monoisotopic (exact) mass is 331 g/mol. The molecule has 0 aliphatic carbocycles. The largest absolute Gasteiger partial charge is 0.461 e. The lowest BCUT2D eigenvalue weighted by molar-refractivity contribution is -0.148. The zero-order valence-corrected chi connectivity index (χ0v) is 13.0. The van der Waals surface area contributed by atoms with E-state index in [4.69, 9.17) is 4.74 Å². The highest BCUT2D eigenvalue weighted by atomic mass is 19.4. The number of hydrogen-bond donors (Lipinski definition) is 0. The molecule has 7 nitrogen and oxygen atoms in total. The minimum absolute atomic E-state index is 0.0352. The van der Waals surface area contributed by atoms with Crippen LogP contribution in [0.3, 0.4) is 0 Å². The molecule has 0 saturated heterocycles. The first kappa shape index (κ1) is 17.0. The summed E-state index contributed by atoms with van der Waals surface area (Å²) in [5.41, 5.74) is -1.11. The first-order valence-electron chi connectivity index (χ1n) is 6.82. The molecule has 23 heavy (non-hydrogen) atoms. The number of aromatic nitrogens is 4. The Kier molecular flexibility index (Phi) is 4.44. The van der Waals surface area contributed by atoms with Gasteiger partial charge < -0.3 is 9.64 Å². The van der Waals surface area contributed by atoms with E-state index in [0.29, 0.717) is 0 Å². The highest BCUT2D eigenvalue weighted by Gasteiger charge is 2.35. The Morgan fingerprint density at radius 1 is 1.35 bits per heavy atom. The van der Waals surface area contributed by atoms with Crippen LogP contribution in [0.25, 0.3) is 5.78 Å². The third-order valence-electron chi connectivity index (χ3n) is 3.16. The second kappa shape index (κ2) is 6.01. The van der Waals surface area contributed by atoms with Gasteiger partial charge in [-0.15, -0.1) is 0 Å². The van der Waals surface area contributed by atoms with Crippen LogP contribution in [0.5, 0.6) is 0 Å². The third-order valence-corrected chi connectivity index (χ3v) is 3.16. The van der Waals surface area contributed by atoms with Gasteiger partial charge in [-0.25, -0.2) is 9.78 Å². The molecule has 2 rings (SSSR count). The molecular formula is C13H16F3N5O2. The molecule has 2 aromatic heterocycles. The van der Waals surface area contributed by atoms with E-state index in [9.17, 15) is 18.0 Å². The predicted octanol–water partition coefficient (Wildman–Crippen LogP) is 1.92. The highest BCUT2D eigenvalue weighted by Crippen LogP contribution is 2.30. The Balaban J connectivity index is 2.45. The van der Waals surface area contributed by atoms with Crippen LogP contribution in [-0.2, 0) is 15.7 Å². The standard InChI is InChI=1S/C13H16F3N5O2/c1-7(2)23-11(22)8(3)20(4)10-5-9(13(14,15)16)19-12-17-6-18-21(10)12/h5-8H,1-4H3. The zero-order chi connectivity index (χ0) is 17.4. The molecule has 0 aromatic carbocycles. The van der Waals surface area contributed by atoms with Gasteiger partial charge in [-0.3, -0.25) is 0 Å². The number of fused-ring (bicyclic) bond motifs is 1. The molecule has 0 aliphatic heterocycles. The molecule has 1 unspecified atom stereocenters. The van der Waals surface area contributed by atoms with Crippen molar-refractivity contribution >= 4 is 17.6 Å². The Labute approximate surface area is 130 Å². The Morgan fingerprint density at radius 2 is 2.00 bits per heavy atom. The third kappa shape index (κ3) is 3.51. The van der Waals surface area contributed by atoms with Crippen molar-refractivity contribution in [2.45, 2.75) is 39.1 Å². The molecule has 2 aromatic rings. The van der Waals surface area contributed by atoms with Gasteiger partial charge in [0, 0.05) is 13.1 Å². The second-order valence-corrected chi connectivity index (χ2v) is 5.24. The summed E-state index contributed by atoms with van der Waals surface area (Å²) in [6.07, 6.45) is -3.87. The molecule has 10 heteroatoms. The summed E-state index contributed by atoms with van der Waals surface area (Å²) in [4.78, 5) is 20.4. The maximum Gasteiger partial charge on any atom is 0.433 e. The lowest BCUT2D eigenvalue weighted by Crippen LogP contribution is -2.39. The lowest BCUT2D eigenvalue weighted by atomic mass is 10.2. The Morgan fingerprint density at radius 3 is 2.57 bits per heavy atom. The fourth-order valence-electron chi connectivity index (χ4n) is 1.88. The fourth-order valence-corrected chi connectivity index (χ4v) is 1.88. The van der Waals surface area contributed by atoms with Crippen LogP contribution in [-0.4, -0.2) is 44.7 Å². The molecular weight excluding hydrogens is 315 g/mol. The number of carbonyl (C=O) groups is 1. The molecule has 0 amide bonds. The number of hydrogen-bond acceptors (Lipinski definition) is 6. The highest BCUT2D eigenvalue weighted by molar-refractivity contribution is 5.79. The van der Waals surface area contributed by atoms with Gasteiger partial charge in [0.25, 0.3) is 5.78 Å². The van der Waals surface area contributed by atoms with Gasteiger partial charge in [0.2, 0.25) is 0 Å². The van der Waals surface area contributed by atoms with Crippen LogP contribution in [0.1, 0.15) is 26.5 Å². The van der Waals surface area contributed by atoms with Gasteiger partial charge in [0.1, 0.15) is 18.2 Å². The lowest BCUT2D eigenvalue weighted by Gasteiger charge is -2.26. The summed E-state index contributed by atoms with van der Waals surface area (Å²) in [5, 5.41) is 3.85. The van der Waals surface area contributed by atoms with Crippen molar-refractivity contribution in [2.75, 3.05) is 11.9 Å². The van der Waals surface area contributed by atoms with E-state index >= 15 is 0 Å². The van der Waals surface area contributed by atoms with E-state index in [2.05, 4.69) is 15.1 Å². The van der Waals surface area contributed by atoms with E-state index in [1.54, 1.807) is 13.8 Å². The molecule has 0 aliphatic rings. The number of carbonyl (C=O) groups excluding carboxylic acids is 1. The van der Waals surface area contributed by atoms with E-state index in [1.165, 1.54) is 18.9 Å². The number of rotatable bonds is 4. The molecule has 126 valence electrons. The molecule has 0 fully saturated rings. The molecule has 0 saturated carbocycles. The van der Waals surface area contributed by atoms with Crippen molar-refractivity contribution in [1.82, 2.24) is 19.6 Å². The van der Waals surface area contributed by atoms with Crippen molar-refractivity contribution in [3.8, 4) is 0 Å². The van der Waals surface area contributed by atoms with Crippen molar-refractivity contribution < 1.29 is 22.7 Å². The minimum atomic E-state index is -4.63. The van der Waals surface area contributed by atoms with E-state index < -0.39 is 23.9 Å². The van der Waals surface area contributed by atoms with Crippen molar-refractivity contribution in [1.29, 1.82) is 0 Å². The molecule has 0 N–H and O–H groups in total. The van der Waals surface area contributed by atoms with Crippen LogP contribution >= 0.6 is 0 Å². The summed E-state index contributed by atoms with van der Waals surface area (Å²) < 4.78 is 45.1. The summed E-state index contributed by atoms with van der Waals surface area (Å²) in [6.45, 7) is 4.91. The molecule has 0 spiro atoms. The van der Waals surface area contributed by atoms with Gasteiger partial charge in [-0.05, 0) is 20.8 Å². The van der Waals surface area contributed by atoms with Crippen LogP contribution in [0.15, 0.2) is 12.4 Å². The number of nitrogens with zero attached hydrogens (tertiary/aromatic N) is 5. The van der Waals surface area contributed by atoms with Crippen molar-refractivity contribution in [3.05, 3.63) is 18.1 Å². The van der Waals surface area contributed by atoms with Gasteiger partial charge in [-0.2, -0.15) is 27.8 Å². The number of alkyl halides is 3. The average Bonchev–Trinajstić information content (AvgIpc) is 2.91. The number of ether oxygens (including phenoxy) is 1. The summed E-state index contributed by atoms with van der Waals surface area (Å²) in [7, 11) is 1.48. The number of likely N-dealkylation sites (N-methyl/N-ethyl adjacent to an activating group) is 1. The zero-order valence-electron chi connectivity index (χ0n) is 13.0. The van der Waals surface area contributed by atoms with Crippen LogP contribution in [0, 0.1) is 0 Å². The minimum Gasteiger partial charge on any atom is -0.461 e. The molecule has 0 bridgehead atoms. The number of anilines is 1. The van der Waals surface area contributed by atoms with Gasteiger partial charge in [0.05, 0.1) is 6.10 Å². The van der Waals surface area contributed by atoms with Gasteiger partial charge >= 0.3 is 12.1 Å². The summed E-state index contributed by atoms with van der Waals surface area (Å²) >= 11 is 0. The molecule has 2 heterocycles. The fraction of sp³-hybridized carbons (Fsp3) is 0.538.